The van der Waals surface area contributed by atoms with Crippen molar-refractivity contribution in [2.45, 2.75) is 71.9 Å². The Morgan fingerprint density at radius 3 is 2.53 bits per heavy atom. The molecule has 0 N–H and O–H groups in total. The van der Waals surface area contributed by atoms with Crippen molar-refractivity contribution >= 4 is 5.57 Å². The number of hydrogen-bond donors (Lipinski definition) is 0. The van der Waals surface area contributed by atoms with Crippen LogP contribution in [-0.4, -0.2) is 4.98 Å². The van der Waals surface area contributed by atoms with Crippen LogP contribution in [-0.2, 0) is 6.18 Å². The van der Waals surface area contributed by atoms with Crippen molar-refractivity contribution in [3.05, 3.63) is 47.3 Å². The molecule has 2 fully saturated rings. The maximum absolute atomic E-state index is 13.7. The van der Waals surface area contributed by atoms with E-state index < -0.39 is 11.7 Å². The minimum Gasteiger partial charge on any atom is -0.264 e. The average molecular weight is 416 g/mol. The van der Waals surface area contributed by atoms with Gasteiger partial charge in [0.15, 0.2) is 0 Å². The van der Waals surface area contributed by atoms with Gasteiger partial charge in [-0.3, -0.25) is 4.98 Å². The summed E-state index contributed by atoms with van der Waals surface area (Å²) < 4.78 is 41.2. The fourth-order valence-electron chi connectivity index (χ4n) is 7.68. The van der Waals surface area contributed by atoms with Crippen LogP contribution in [0, 0.1) is 34.5 Å². The normalized spacial score (nSPS) is 40.7. The van der Waals surface area contributed by atoms with Gasteiger partial charge in [0.05, 0.1) is 5.56 Å². The van der Waals surface area contributed by atoms with Crippen LogP contribution in [0.1, 0.15) is 76.8 Å². The first-order valence-corrected chi connectivity index (χ1v) is 11.6. The summed E-state index contributed by atoms with van der Waals surface area (Å²) in [4.78, 5) is 4.08. The molecule has 4 aliphatic carbocycles. The third-order valence-electron chi connectivity index (χ3n) is 9.35. The van der Waals surface area contributed by atoms with Gasteiger partial charge in [-0.25, -0.2) is 0 Å². The summed E-state index contributed by atoms with van der Waals surface area (Å²) in [6.45, 7) is 7.07. The lowest BCUT2D eigenvalue weighted by Gasteiger charge is -2.58. The highest BCUT2D eigenvalue weighted by atomic mass is 19.4. The van der Waals surface area contributed by atoms with Gasteiger partial charge in [-0.05, 0) is 91.1 Å². The minimum atomic E-state index is -4.35. The topological polar surface area (TPSA) is 12.9 Å². The van der Waals surface area contributed by atoms with E-state index >= 15 is 0 Å². The number of alkyl halides is 3. The SMILES string of the molecule is C[C@H]1CC[C@@]2(C)C(=CCC3[C@@H]2CC[C@]2(C)C(c4cnccc4C(F)(F)F)=CC[C@@H]32)C1. The Bertz CT molecular complexity index is 913. The largest absolute Gasteiger partial charge is 0.417 e. The molecule has 6 atom stereocenters. The molecule has 5 rings (SSSR count). The van der Waals surface area contributed by atoms with Crippen LogP contribution in [0.2, 0.25) is 0 Å². The zero-order valence-corrected chi connectivity index (χ0v) is 18.2. The molecular weight excluding hydrogens is 383 g/mol. The lowest BCUT2D eigenvalue weighted by Crippen LogP contribution is -2.49. The molecule has 4 heteroatoms. The van der Waals surface area contributed by atoms with E-state index in [9.17, 15) is 13.2 Å². The fraction of sp³-hybridized carbons (Fsp3) is 0.654. The number of hydrogen-bond acceptors (Lipinski definition) is 1. The first kappa shape index (κ1) is 20.3. The summed E-state index contributed by atoms with van der Waals surface area (Å²) in [5, 5.41) is 0. The number of rotatable bonds is 1. The van der Waals surface area contributed by atoms with Gasteiger partial charge in [0, 0.05) is 18.0 Å². The van der Waals surface area contributed by atoms with Gasteiger partial charge in [0.25, 0.3) is 0 Å². The molecule has 2 saturated carbocycles. The van der Waals surface area contributed by atoms with Gasteiger partial charge in [-0.2, -0.15) is 13.2 Å². The molecule has 1 aromatic heterocycles. The Morgan fingerprint density at radius 1 is 1.00 bits per heavy atom. The van der Waals surface area contributed by atoms with Crippen LogP contribution in [0.15, 0.2) is 36.2 Å². The summed E-state index contributed by atoms with van der Waals surface area (Å²) in [7, 11) is 0. The molecule has 162 valence electrons. The average Bonchev–Trinajstić information content (AvgIpc) is 3.05. The van der Waals surface area contributed by atoms with Gasteiger partial charge in [-0.1, -0.05) is 38.5 Å². The van der Waals surface area contributed by atoms with Gasteiger partial charge < -0.3 is 0 Å². The van der Waals surface area contributed by atoms with E-state index in [0.717, 1.165) is 43.2 Å². The predicted molar refractivity (Wildman–Crippen MR) is 113 cm³/mol. The molecule has 30 heavy (non-hydrogen) atoms. The molecule has 1 heterocycles. The van der Waals surface area contributed by atoms with E-state index in [1.54, 1.807) is 5.57 Å². The summed E-state index contributed by atoms with van der Waals surface area (Å²) in [6, 6.07) is 1.14. The lowest BCUT2D eigenvalue weighted by atomic mass is 9.47. The number of fused-ring (bicyclic) bond motifs is 5. The Balaban J connectivity index is 1.50. The van der Waals surface area contributed by atoms with Gasteiger partial charge in [0.1, 0.15) is 0 Å². The summed E-state index contributed by atoms with van der Waals surface area (Å²) in [5.41, 5.74) is 2.44. The maximum Gasteiger partial charge on any atom is 0.417 e. The first-order chi connectivity index (χ1) is 14.1. The molecular formula is C26H32F3N. The summed E-state index contributed by atoms with van der Waals surface area (Å²) in [5.74, 6) is 2.46. The molecule has 0 aromatic carbocycles. The van der Waals surface area contributed by atoms with Crippen LogP contribution in [0.25, 0.3) is 5.57 Å². The Hall–Kier alpha value is -1.58. The second-order valence-electron chi connectivity index (χ2n) is 10.8. The number of aromatic nitrogens is 1. The molecule has 4 aliphatic rings. The van der Waals surface area contributed by atoms with Crippen molar-refractivity contribution < 1.29 is 13.2 Å². The molecule has 1 unspecified atom stereocenters. The molecule has 1 aromatic rings. The molecule has 0 saturated heterocycles. The van der Waals surface area contributed by atoms with Crippen molar-refractivity contribution in [2.75, 3.05) is 0 Å². The Kier molecular flexibility index (Phi) is 4.55. The van der Waals surface area contributed by atoms with Crippen LogP contribution < -0.4 is 0 Å². The van der Waals surface area contributed by atoms with Crippen LogP contribution in [0.5, 0.6) is 0 Å². The van der Waals surface area contributed by atoms with E-state index in [4.69, 9.17) is 0 Å². The van der Waals surface area contributed by atoms with Crippen molar-refractivity contribution in [1.29, 1.82) is 0 Å². The van der Waals surface area contributed by atoms with Crippen LogP contribution in [0.4, 0.5) is 13.2 Å². The zero-order chi connectivity index (χ0) is 21.3. The number of pyridine rings is 1. The summed E-state index contributed by atoms with van der Waals surface area (Å²) in [6.07, 6.45) is 10.9. The smallest absolute Gasteiger partial charge is 0.264 e. The maximum atomic E-state index is 13.7. The number of nitrogens with zero attached hydrogens (tertiary/aromatic N) is 1. The Morgan fingerprint density at radius 2 is 1.77 bits per heavy atom. The highest BCUT2D eigenvalue weighted by molar-refractivity contribution is 5.75. The quantitative estimate of drug-likeness (QED) is 0.428. The van der Waals surface area contributed by atoms with E-state index in [-0.39, 0.29) is 5.41 Å². The van der Waals surface area contributed by atoms with Gasteiger partial charge in [-0.15, -0.1) is 0 Å². The zero-order valence-electron chi connectivity index (χ0n) is 18.2. The number of halogens is 3. The Labute approximate surface area is 177 Å². The van der Waals surface area contributed by atoms with E-state index in [1.165, 1.54) is 31.7 Å². The second-order valence-corrected chi connectivity index (χ2v) is 10.8. The highest BCUT2D eigenvalue weighted by Crippen LogP contribution is 2.66. The monoisotopic (exact) mass is 415 g/mol. The predicted octanol–water partition coefficient (Wildman–Crippen LogP) is 7.69. The van der Waals surface area contributed by atoms with Gasteiger partial charge >= 0.3 is 6.18 Å². The molecule has 0 radical (unpaired) electrons. The molecule has 0 spiro atoms. The van der Waals surface area contributed by atoms with E-state index in [1.807, 2.05) is 0 Å². The van der Waals surface area contributed by atoms with E-state index in [2.05, 4.69) is 37.9 Å². The van der Waals surface area contributed by atoms with Crippen molar-refractivity contribution in [3.63, 3.8) is 0 Å². The standard InChI is InChI=1S/C26H32F3N/c1-16-8-11-24(2)17(14-16)4-5-18-20-6-7-21(25(20,3)12-9-22(18)24)19-15-30-13-10-23(19)26(27,28)29/h4,7,10,13,15-16,18,20,22H,5-6,8-9,11-12,14H2,1-3H3/t16-,18?,20-,22-,24-,25-/m0/s1. The molecule has 0 bridgehead atoms. The molecule has 0 amide bonds. The molecule has 0 aliphatic heterocycles. The third kappa shape index (κ3) is 2.85. The first-order valence-electron chi connectivity index (χ1n) is 11.6. The van der Waals surface area contributed by atoms with E-state index in [0.29, 0.717) is 28.7 Å². The third-order valence-corrected chi connectivity index (χ3v) is 9.35. The van der Waals surface area contributed by atoms with Crippen molar-refractivity contribution in [2.24, 2.45) is 34.5 Å². The second kappa shape index (κ2) is 6.71. The minimum absolute atomic E-state index is 0.187. The van der Waals surface area contributed by atoms with Crippen LogP contribution in [0.3, 0.4) is 0 Å². The fourth-order valence-corrected chi connectivity index (χ4v) is 7.68. The molecule has 1 nitrogen and oxygen atoms in total. The highest BCUT2D eigenvalue weighted by Gasteiger charge is 2.57. The van der Waals surface area contributed by atoms with Gasteiger partial charge in [0.2, 0.25) is 0 Å². The summed E-state index contributed by atoms with van der Waals surface area (Å²) >= 11 is 0. The number of allylic oxidation sites excluding steroid dienone is 4. The van der Waals surface area contributed by atoms with Crippen molar-refractivity contribution in [3.8, 4) is 0 Å². The lowest BCUT2D eigenvalue weighted by molar-refractivity contribution is -0.137. The van der Waals surface area contributed by atoms with Crippen molar-refractivity contribution in [1.82, 2.24) is 4.98 Å². The van der Waals surface area contributed by atoms with Crippen LogP contribution >= 0.6 is 0 Å².